The van der Waals surface area contributed by atoms with Gasteiger partial charge in [-0.1, -0.05) is 53.2 Å². The summed E-state index contributed by atoms with van der Waals surface area (Å²) in [6, 6.07) is 0. The van der Waals surface area contributed by atoms with Crippen LogP contribution in [-0.4, -0.2) is 28.9 Å². The maximum atomic E-state index is 12.9. The molecule has 206 valence electrons. The first-order chi connectivity index (χ1) is 17.1. The van der Waals surface area contributed by atoms with Crippen molar-refractivity contribution in [1.29, 1.82) is 0 Å². The molecule has 5 heteroatoms. The topological polar surface area (TPSA) is 80.7 Å². The lowest BCUT2D eigenvalue weighted by molar-refractivity contribution is -0.168. The molecule has 0 amide bonds. The lowest BCUT2D eigenvalue weighted by Crippen LogP contribution is -2.60. The minimum absolute atomic E-state index is 0.00251. The van der Waals surface area contributed by atoms with Gasteiger partial charge in [-0.25, -0.2) is 4.79 Å². The predicted octanol–water partition coefficient (Wildman–Crippen LogP) is 7.15. The van der Waals surface area contributed by atoms with Crippen molar-refractivity contribution in [3.05, 3.63) is 23.3 Å². The van der Waals surface area contributed by atoms with Crippen molar-refractivity contribution >= 4 is 17.7 Å². The second kappa shape index (κ2) is 9.38. The summed E-state index contributed by atoms with van der Waals surface area (Å²) in [5, 5.41) is 9.22. The number of aliphatic carboxylic acids is 1. The standard InChI is InChI=1S/C32H48O5/c1-19(10-9-11-20(2)28(35)36)22-14-17-31(7)23-12-13-25-29(4,5)26(34)15-16-30(25,6)24(23)18-27(32(22,31)8)37-21(3)33/h11,18-19,22-23,25,27H,9-10,12-17H2,1-8H3,(H,35,36)/b20-11-/t19-,22-,23-,25-,27+,30-,31+,32+/m1/s1. The summed E-state index contributed by atoms with van der Waals surface area (Å²) < 4.78 is 6.20. The number of ether oxygens (including phenoxy) is 1. The minimum Gasteiger partial charge on any atom is -0.478 e. The van der Waals surface area contributed by atoms with E-state index in [1.165, 1.54) is 12.5 Å². The number of carboxylic acid groups (broad SMARTS) is 1. The molecule has 0 radical (unpaired) electrons. The Labute approximate surface area is 223 Å². The number of carboxylic acids is 1. The monoisotopic (exact) mass is 512 g/mol. The lowest BCUT2D eigenvalue weighted by Gasteiger charge is -2.64. The molecule has 37 heavy (non-hydrogen) atoms. The third kappa shape index (κ3) is 4.14. The fourth-order valence-electron chi connectivity index (χ4n) is 9.67. The highest BCUT2D eigenvalue weighted by Crippen LogP contribution is 2.73. The molecule has 8 atom stereocenters. The van der Waals surface area contributed by atoms with Crippen LogP contribution < -0.4 is 0 Å². The van der Waals surface area contributed by atoms with E-state index >= 15 is 0 Å². The number of hydrogen-bond donors (Lipinski definition) is 1. The molecule has 0 saturated heterocycles. The molecule has 0 unspecified atom stereocenters. The molecule has 3 fully saturated rings. The van der Waals surface area contributed by atoms with Gasteiger partial charge in [0.25, 0.3) is 0 Å². The second-order valence-electron chi connectivity index (χ2n) is 14.0. The van der Waals surface area contributed by atoms with E-state index < -0.39 is 5.97 Å². The van der Waals surface area contributed by atoms with E-state index in [-0.39, 0.29) is 33.7 Å². The molecule has 0 bridgehead atoms. The highest BCUT2D eigenvalue weighted by atomic mass is 16.5. The fourth-order valence-corrected chi connectivity index (χ4v) is 9.67. The Morgan fingerprint density at radius 2 is 1.78 bits per heavy atom. The smallest absolute Gasteiger partial charge is 0.330 e. The minimum atomic E-state index is -0.857. The van der Waals surface area contributed by atoms with E-state index in [4.69, 9.17) is 4.74 Å². The summed E-state index contributed by atoms with van der Waals surface area (Å²) in [4.78, 5) is 36.6. The Hall–Kier alpha value is -1.91. The van der Waals surface area contributed by atoms with Crippen molar-refractivity contribution in [2.45, 2.75) is 113 Å². The number of Topliss-reactive ketones (excluding diaryl/α,β-unsaturated/α-hetero) is 1. The molecule has 4 aliphatic carbocycles. The average molecular weight is 513 g/mol. The number of carbonyl (C=O) groups excluding carboxylic acids is 2. The summed E-state index contributed by atoms with van der Waals surface area (Å²) >= 11 is 0. The van der Waals surface area contributed by atoms with Gasteiger partial charge in [0.05, 0.1) is 0 Å². The first-order valence-electron chi connectivity index (χ1n) is 14.4. The van der Waals surface area contributed by atoms with Gasteiger partial charge in [0.15, 0.2) is 0 Å². The van der Waals surface area contributed by atoms with Crippen LogP contribution in [0.5, 0.6) is 0 Å². The molecule has 0 aliphatic heterocycles. The number of rotatable bonds is 6. The van der Waals surface area contributed by atoms with E-state index in [2.05, 4.69) is 47.6 Å². The van der Waals surface area contributed by atoms with Crippen LogP contribution in [-0.2, 0) is 19.1 Å². The van der Waals surface area contributed by atoms with E-state index in [1.54, 1.807) is 6.92 Å². The van der Waals surface area contributed by atoms with Crippen LogP contribution in [0, 0.1) is 45.3 Å². The van der Waals surface area contributed by atoms with E-state index in [1.807, 2.05) is 6.08 Å². The van der Waals surface area contributed by atoms with Gasteiger partial charge in [0, 0.05) is 29.7 Å². The Balaban J connectivity index is 1.73. The summed E-state index contributed by atoms with van der Waals surface area (Å²) in [5.41, 5.74) is 1.28. The van der Waals surface area contributed by atoms with Gasteiger partial charge in [-0.05, 0) is 92.4 Å². The number of esters is 1. The molecule has 1 N–H and O–H groups in total. The molecule has 0 heterocycles. The van der Waals surface area contributed by atoms with Crippen LogP contribution >= 0.6 is 0 Å². The zero-order chi connectivity index (χ0) is 27.6. The zero-order valence-electron chi connectivity index (χ0n) is 24.3. The number of fused-ring (bicyclic) bond motifs is 5. The number of allylic oxidation sites excluding steroid dienone is 2. The van der Waals surface area contributed by atoms with Gasteiger partial charge in [-0.3, -0.25) is 9.59 Å². The third-order valence-electron chi connectivity index (χ3n) is 12.1. The van der Waals surface area contributed by atoms with Crippen molar-refractivity contribution in [2.75, 3.05) is 0 Å². The van der Waals surface area contributed by atoms with Crippen LogP contribution in [0.1, 0.15) is 107 Å². The molecular formula is C32H48O5. The van der Waals surface area contributed by atoms with Crippen molar-refractivity contribution in [1.82, 2.24) is 0 Å². The maximum absolute atomic E-state index is 12.9. The predicted molar refractivity (Wildman–Crippen MR) is 145 cm³/mol. The van der Waals surface area contributed by atoms with Crippen LogP contribution in [0.2, 0.25) is 0 Å². The first kappa shape index (κ1) is 28.1. The van der Waals surface area contributed by atoms with E-state index in [9.17, 15) is 19.5 Å². The largest absolute Gasteiger partial charge is 0.478 e. The lowest BCUT2D eigenvalue weighted by atomic mass is 9.41. The number of ketones is 1. The Bertz CT molecular complexity index is 1040. The zero-order valence-corrected chi connectivity index (χ0v) is 24.3. The second-order valence-corrected chi connectivity index (χ2v) is 14.0. The van der Waals surface area contributed by atoms with Crippen LogP contribution in [0.15, 0.2) is 23.3 Å². The van der Waals surface area contributed by atoms with Gasteiger partial charge in [-0.2, -0.15) is 0 Å². The van der Waals surface area contributed by atoms with Crippen molar-refractivity contribution in [3.63, 3.8) is 0 Å². The molecule has 0 spiro atoms. The summed E-state index contributed by atoms with van der Waals surface area (Å²) in [6.07, 6.45) is 11.4. The molecular weight excluding hydrogens is 464 g/mol. The molecule has 4 rings (SSSR count). The van der Waals surface area contributed by atoms with E-state index in [0.29, 0.717) is 41.4 Å². The average Bonchev–Trinajstić information content (AvgIpc) is 3.09. The Morgan fingerprint density at radius 1 is 1.11 bits per heavy atom. The highest BCUT2D eigenvalue weighted by molar-refractivity contribution is 5.86. The van der Waals surface area contributed by atoms with Crippen molar-refractivity contribution in [2.24, 2.45) is 45.3 Å². The normalized spacial score (nSPS) is 41.7. The first-order valence-corrected chi connectivity index (χ1v) is 14.4. The molecule has 4 aliphatic rings. The number of hydrogen-bond acceptors (Lipinski definition) is 4. The number of carbonyl (C=O) groups is 3. The third-order valence-corrected chi connectivity index (χ3v) is 12.1. The molecule has 3 saturated carbocycles. The summed E-state index contributed by atoms with van der Waals surface area (Å²) in [7, 11) is 0. The van der Waals surface area contributed by atoms with Crippen molar-refractivity contribution < 1.29 is 24.2 Å². The Kier molecular flexibility index (Phi) is 7.12. The SMILES string of the molecule is CC(=O)O[C@H]1C=C2[C@@H](CC[C@@H]3C(C)(C)C(=O)CC[C@]23C)[C@]2(C)CC[C@H]([C@H](C)CC/C=C(/C)C(=O)O)[C@@]12C. The summed E-state index contributed by atoms with van der Waals surface area (Å²) in [6.45, 7) is 17.0. The van der Waals surface area contributed by atoms with Gasteiger partial charge in [-0.15, -0.1) is 0 Å². The van der Waals surface area contributed by atoms with Crippen LogP contribution in [0.3, 0.4) is 0 Å². The van der Waals surface area contributed by atoms with Gasteiger partial charge >= 0.3 is 11.9 Å². The van der Waals surface area contributed by atoms with Gasteiger partial charge in [0.2, 0.25) is 0 Å². The molecule has 5 nitrogen and oxygen atoms in total. The molecule has 0 aromatic rings. The summed E-state index contributed by atoms with van der Waals surface area (Å²) in [5.74, 6) is 0.808. The highest BCUT2D eigenvalue weighted by Gasteiger charge is 2.68. The maximum Gasteiger partial charge on any atom is 0.330 e. The van der Waals surface area contributed by atoms with Gasteiger partial charge < -0.3 is 9.84 Å². The molecule has 0 aromatic heterocycles. The molecule has 0 aromatic carbocycles. The van der Waals surface area contributed by atoms with Crippen LogP contribution in [0.4, 0.5) is 0 Å². The van der Waals surface area contributed by atoms with Gasteiger partial charge in [0.1, 0.15) is 11.9 Å². The van der Waals surface area contributed by atoms with Crippen LogP contribution in [0.25, 0.3) is 0 Å². The fraction of sp³-hybridized carbons (Fsp3) is 0.781. The van der Waals surface area contributed by atoms with Crippen molar-refractivity contribution in [3.8, 4) is 0 Å². The van der Waals surface area contributed by atoms with E-state index in [0.717, 1.165) is 44.9 Å². The quantitative estimate of drug-likeness (QED) is 0.232. The Morgan fingerprint density at radius 3 is 2.41 bits per heavy atom.